The molecule has 15 heavy (non-hydrogen) atoms. The summed E-state index contributed by atoms with van der Waals surface area (Å²) in [5, 5.41) is 0. The van der Waals surface area contributed by atoms with Crippen molar-refractivity contribution in [2.24, 2.45) is 0 Å². The number of hydrogen-bond acceptors (Lipinski definition) is 3. The molecular formula is C6H10Cl5O3P. The summed E-state index contributed by atoms with van der Waals surface area (Å²) < 4.78 is 21.3. The molecule has 0 aliphatic rings. The molecule has 0 rings (SSSR count). The van der Waals surface area contributed by atoms with Crippen molar-refractivity contribution in [3.63, 3.8) is 0 Å². The van der Waals surface area contributed by atoms with E-state index in [1.54, 1.807) is 0 Å². The number of halogens is 5. The molecule has 0 amide bonds. The van der Waals surface area contributed by atoms with Crippen LogP contribution < -0.4 is 0 Å². The van der Waals surface area contributed by atoms with Crippen LogP contribution in [0.2, 0.25) is 0 Å². The molecule has 0 spiro atoms. The van der Waals surface area contributed by atoms with Crippen LogP contribution in [0.4, 0.5) is 0 Å². The van der Waals surface area contributed by atoms with E-state index in [0.717, 1.165) is 0 Å². The van der Waals surface area contributed by atoms with Gasteiger partial charge in [0.2, 0.25) is 0 Å². The zero-order valence-corrected chi connectivity index (χ0v) is 12.2. The molecule has 0 heterocycles. The summed E-state index contributed by atoms with van der Waals surface area (Å²) in [6.45, 7) is -3.74. The van der Waals surface area contributed by atoms with Crippen LogP contribution in [0.15, 0.2) is 0 Å². The third-order valence-electron chi connectivity index (χ3n) is 1.24. The van der Waals surface area contributed by atoms with Crippen LogP contribution in [-0.4, -0.2) is 35.7 Å². The highest BCUT2D eigenvalue weighted by Crippen LogP contribution is 2.55. The van der Waals surface area contributed by atoms with E-state index in [-0.39, 0.29) is 23.5 Å². The van der Waals surface area contributed by atoms with Crippen LogP contribution in [0.3, 0.4) is 0 Å². The second-order valence-electron chi connectivity index (χ2n) is 2.50. The normalized spacial score (nSPS) is 12.7. The van der Waals surface area contributed by atoms with Crippen molar-refractivity contribution in [2.45, 2.75) is 12.2 Å². The molecule has 0 bridgehead atoms. The van der Waals surface area contributed by atoms with Gasteiger partial charge in [0, 0.05) is 11.2 Å². The average Bonchev–Trinajstić information content (AvgIpc) is 2.22. The van der Waals surface area contributed by atoms with Gasteiger partial charge in [0.05, 0.1) is 35.7 Å². The summed E-state index contributed by atoms with van der Waals surface area (Å²) in [4.78, 5) is 0. The quantitative estimate of drug-likeness (QED) is 0.495. The predicted octanol–water partition coefficient (Wildman–Crippen LogP) is 4.06. The van der Waals surface area contributed by atoms with Gasteiger partial charge in [-0.1, -0.05) is 0 Å². The Bertz CT molecular complexity index is 191. The molecule has 0 aliphatic heterocycles. The summed E-state index contributed by atoms with van der Waals surface area (Å²) in [6, 6.07) is 0. The molecule has 0 radical (unpaired) electrons. The van der Waals surface area contributed by atoms with Crippen LogP contribution in [-0.2, 0) is 13.6 Å². The minimum atomic E-state index is -3.74. The first kappa shape index (κ1) is 16.6. The van der Waals surface area contributed by atoms with Gasteiger partial charge in [-0.2, -0.15) is 0 Å². The number of rotatable bonds is 8. The van der Waals surface area contributed by atoms with E-state index in [0.29, 0.717) is 0 Å². The molecular weight excluding hydrogens is 328 g/mol. The van der Waals surface area contributed by atoms with Gasteiger partial charge in [0.15, 0.2) is 0 Å². The van der Waals surface area contributed by atoms with E-state index in [9.17, 15) is 4.57 Å². The van der Waals surface area contributed by atoms with Gasteiger partial charge in [-0.3, -0.25) is 9.05 Å². The van der Waals surface area contributed by atoms with E-state index < -0.39 is 19.2 Å². The zero-order valence-electron chi connectivity index (χ0n) is 7.54. The standard InChI is InChI=1S/C6H10Cl5O3P/c7-1-5(2-8)13-15(11,12)14-6(3-9)4-10/h5-6H,1-4H2. The third kappa shape index (κ3) is 7.51. The largest absolute Gasteiger partial charge is 0.424 e. The summed E-state index contributed by atoms with van der Waals surface area (Å²) in [5.74, 6) is 0.262. The van der Waals surface area contributed by atoms with Crippen LogP contribution in [0, 0.1) is 0 Å². The first-order valence-corrected chi connectivity index (χ1v) is 8.48. The average molecular weight is 338 g/mol. The Morgan fingerprint density at radius 1 is 0.867 bits per heavy atom. The van der Waals surface area contributed by atoms with Gasteiger partial charge >= 0.3 is 6.95 Å². The molecule has 0 N–H and O–H groups in total. The van der Waals surface area contributed by atoms with Crippen LogP contribution >= 0.6 is 64.6 Å². The zero-order chi connectivity index (χ0) is 11.9. The van der Waals surface area contributed by atoms with Crippen LogP contribution in [0.1, 0.15) is 0 Å². The molecule has 0 saturated carbocycles. The Balaban J connectivity index is 4.21. The minimum absolute atomic E-state index is 0.0655. The van der Waals surface area contributed by atoms with Gasteiger partial charge < -0.3 is 0 Å². The Morgan fingerprint density at radius 2 is 1.13 bits per heavy atom. The van der Waals surface area contributed by atoms with Crippen molar-refractivity contribution in [1.82, 2.24) is 0 Å². The Labute approximate surface area is 114 Å². The maximum absolute atomic E-state index is 11.6. The lowest BCUT2D eigenvalue weighted by molar-refractivity contribution is 0.160. The van der Waals surface area contributed by atoms with Crippen molar-refractivity contribution >= 4 is 64.6 Å². The van der Waals surface area contributed by atoms with E-state index in [1.807, 2.05) is 0 Å². The lowest BCUT2D eigenvalue weighted by Gasteiger charge is -2.20. The van der Waals surface area contributed by atoms with E-state index in [2.05, 4.69) is 0 Å². The highest BCUT2D eigenvalue weighted by Gasteiger charge is 2.29. The van der Waals surface area contributed by atoms with Crippen molar-refractivity contribution in [3.05, 3.63) is 0 Å². The lowest BCUT2D eigenvalue weighted by atomic mass is 10.5. The summed E-state index contributed by atoms with van der Waals surface area (Å²) in [5.41, 5.74) is 0. The minimum Gasteiger partial charge on any atom is -0.291 e. The van der Waals surface area contributed by atoms with Crippen molar-refractivity contribution < 1.29 is 13.6 Å². The number of hydrogen-bond donors (Lipinski definition) is 0. The first-order valence-electron chi connectivity index (χ1n) is 3.89. The van der Waals surface area contributed by atoms with Gasteiger partial charge in [0.25, 0.3) is 0 Å². The van der Waals surface area contributed by atoms with Gasteiger partial charge in [-0.05, 0) is 0 Å². The summed E-state index contributed by atoms with van der Waals surface area (Å²) in [7, 11) is 0. The monoisotopic (exact) mass is 336 g/mol. The lowest BCUT2D eigenvalue weighted by Crippen LogP contribution is -2.19. The molecule has 92 valence electrons. The molecule has 9 heteroatoms. The fourth-order valence-corrected chi connectivity index (χ4v) is 3.58. The van der Waals surface area contributed by atoms with Crippen molar-refractivity contribution in [2.75, 3.05) is 23.5 Å². The van der Waals surface area contributed by atoms with E-state index in [4.69, 9.17) is 66.7 Å². The highest BCUT2D eigenvalue weighted by atomic mass is 35.7. The maximum atomic E-state index is 11.6. The highest BCUT2D eigenvalue weighted by molar-refractivity contribution is 7.81. The molecule has 0 aromatic rings. The fourth-order valence-electron chi connectivity index (χ4n) is 0.576. The van der Waals surface area contributed by atoms with Crippen molar-refractivity contribution in [3.8, 4) is 0 Å². The van der Waals surface area contributed by atoms with E-state index >= 15 is 0 Å². The van der Waals surface area contributed by atoms with Crippen LogP contribution in [0.5, 0.6) is 0 Å². The molecule has 0 aromatic carbocycles. The fraction of sp³-hybridized carbons (Fsp3) is 1.00. The second-order valence-corrected chi connectivity index (χ2v) is 6.26. The topological polar surface area (TPSA) is 35.5 Å². The molecule has 0 aliphatic carbocycles. The maximum Gasteiger partial charge on any atom is 0.424 e. The molecule has 0 aromatic heterocycles. The predicted molar refractivity (Wildman–Crippen MR) is 66.1 cm³/mol. The molecule has 0 saturated heterocycles. The summed E-state index contributed by atoms with van der Waals surface area (Å²) in [6.07, 6.45) is -1.27. The van der Waals surface area contributed by atoms with Crippen LogP contribution in [0.25, 0.3) is 0 Å². The Kier molecular flexibility index (Phi) is 9.58. The smallest absolute Gasteiger partial charge is 0.291 e. The second kappa shape index (κ2) is 8.66. The molecule has 3 nitrogen and oxygen atoms in total. The Hall–Kier alpha value is 1.60. The summed E-state index contributed by atoms with van der Waals surface area (Å²) >= 11 is 27.4. The van der Waals surface area contributed by atoms with E-state index in [1.165, 1.54) is 0 Å². The van der Waals surface area contributed by atoms with Gasteiger partial charge in [0.1, 0.15) is 0 Å². The van der Waals surface area contributed by atoms with Gasteiger partial charge in [-0.15, -0.1) is 46.4 Å². The third-order valence-corrected chi connectivity index (χ3v) is 4.19. The number of alkyl halides is 4. The first-order chi connectivity index (χ1) is 6.99. The molecule has 0 atom stereocenters. The SMILES string of the molecule is O=P(Cl)(OC(CCl)CCl)OC(CCl)CCl. The Morgan fingerprint density at radius 3 is 1.33 bits per heavy atom. The molecule has 0 unspecified atom stereocenters. The van der Waals surface area contributed by atoms with Crippen molar-refractivity contribution in [1.29, 1.82) is 0 Å². The van der Waals surface area contributed by atoms with Gasteiger partial charge in [-0.25, -0.2) is 4.57 Å². The molecule has 0 fully saturated rings.